The molecular formula is C9H11FN2O3. The number of benzene rings is 1. The van der Waals surface area contributed by atoms with Gasteiger partial charge in [-0.3, -0.25) is 10.1 Å². The molecule has 0 aliphatic heterocycles. The topological polar surface area (TPSA) is 89.4 Å². The van der Waals surface area contributed by atoms with Crippen molar-refractivity contribution in [3.63, 3.8) is 0 Å². The maximum Gasteiger partial charge on any atom is 0.305 e. The highest BCUT2D eigenvalue weighted by Crippen LogP contribution is 2.24. The zero-order valence-corrected chi connectivity index (χ0v) is 8.11. The molecule has 0 aromatic heterocycles. The van der Waals surface area contributed by atoms with Gasteiger partial charge in [0.1, 0.15) is 0 Å². The molecule has 6 heteroatoms. The Bertz CT molecular complexity index is 393. The highest BCUT2D eigenvalue weighted by molar-refractivity contribution is 5.39. The van der Waals surface area contributed by atoms with Gasteiger partial charge in [0.2, 0.25) is 5.82 Å². The first kappa shape index (κ1) is 11.5. The third-order valence-electron chi connectivity index (χ3n) is 2.13. The first-order valence-corrected chi connectivity index (χ1v) is 4.22. The van der Waals surface area contributed by atoms with Crippen LogP contribution in [0.1, 0.15) is 12.5 Å². The van der Waals surface area contributed by atoms with Crippen LogP contribution in [0.15, 0.2) is 18.2 Å². The van der Waals surface area contributed by atoms with E-state index in [-0.39, 0.29) is 6.61 Å². The molecule has 0 heterocycles. The summed E-state index contributed by atoms with van der Waals surface area (Å²) in [7, 11) is 0. The predicted molar refractivity (Wildman–Crippen MR) is 51.7 cm³/mol. The van der Waals surface area contributed by atoms with Gasteiger partial charge in [-0.25, -0.2) is 0 Å². The first-order valence-electron chi connectivity index (χ1n) is 4.22. The average Bonchev–Trinajstić information content (AvgIpc) is 2.17. The van der Waals surface area contributed by atoms with E-state index < -0.39 is 22.0 Å². The van der Waals surface area contributed by atoms with Gasteiger partial charge in [-0.1, -0.05) is 6.07 Å². The van der Waals surface area contributed by atoms with Gasteiger partial charge in [-0.15, -0.1) is 0 Å². The normalized spacial score (nSPS) is 14.7. The predicted octanol–water partition coefficient (Wildman–Crippen LogP) is 0.900. The van der Waals surface area contributed by atoms with Crippen LogP contribution in [0.2, 0.25) is 0 Å². The fourth-order valence-corrected chi connectivity index (χ4v) is 1.10. The van der Waals surface area contributed by atoms with Crippen LogP contribution >= 0.6 is 0 Å². The van der Waals surface area contributed by atoms with Crippen molar-refractivity contribution in [2.45, 2.75) is 12.5 Å². The van der Waals surface area contributed by atoms with Crippen LogP contribution in [-0.2, 0) is 5.54 Å². The van der Waals surface area contributed by atoms with Gasteiger partial charge in [-0.05, 0) is 18.6 Å². The summed E-state index contributed by atoms with van der Waals surface area (Å²) >= 11 is 0. The average molecular weight is 214 g/mol. The van der Waals surface area contributed by atoms with Crippen molar-refractivity contribution in [1.29, 1.82) is 0 Å². The summed E-state index contributed by atoms with van der Waals surface area (Å²) in [6, 6.07) is 3.32. The van der Waals surface area contributed by atoms with Crippen molar-refractivity contribution in [1.82, 2.24) is 0 Å². The van der Waals surface area contributed by atoms with Crippen LogP contribution in [0.5, 0.6) is 0 Å². The number of aliphatic hydroxyl groups is 1. The molecule has 5 nitrogen and oxygen atoms in total. The van der Waals surface area contributed by atoms with E-state index in [9.17, 15) is 14.5 Å². The van der Waals surface area contributed by atoms with Gasteiger partial charge in [0.05, 0.1) is 17.1 Å². The van der Waals surface area contributed by atoms with E-state index >= 15 is 0 Å². The maximum atomic E-state index is 13.0. The quantitative estimate of drug-likeness (QED) is 0.577. The van der Waals surface area contributed by atoms with Crippen molar-refractivity contribution in [2.75, 3.05) is 6.61 Å². The van der Waals surface area contributed by atoms with E-state index in [1.54, 1.807) is 0 Å². The number of nitrogens with zero attached hydrogens (tertiary/aromatic N) is 1. The van der Waals surface area contributed by atoms with E-state index in [4.69, 9.17) is 10.8 Å². The minimum atomic E-state index is -1.11. The molecule has 1 aromatic rings. The number of hydrogen-bond donors (Lipinski definition) is 2. The summed E-state index contributed by atoms with van der Waals surface area (Å²) in [5.74, 6) is -0.919. The molecule has 15 heavy (non-hydrogen) atoms. The van der Waals surface area contributed by atoms with Crippen molar-refractivity contribution >= 4 is 5.69 Å². The number of hydrogen-bond acceptors (Lipinski definition) is 4. The van der Waals surface area contributed by atoms with Gasteiger partial charge in [0.15, 0.2) is 0 Å². The molecule has 0 amide bonds. The summed E-state index contributed by atoms with van der Waals surface area (Å²) < 4.78 is 13.0. The molecule has 1 unspecified atom stereocenters. The third-order valence-corrected chi connectivity index (χ3v) is 2.13. The van der Waals surface area contributed by atoms with Gasteiger partial charge >= 0.3 is 5.69 Å². The zero-order valence-electron chi connectivity index (χ0n) is 8.11. The Morgan fingerprint density at radius 1 is 1.67 bits per heavy atom. The van der Waals surface area contributed by atoms with E-state index in [1.807, 2.05) is 0 Å². The Kier molecular flexibility index (Phi) is 3.01. The summed E-state index contributed by atoms with van der Waals surface area (Å²) in [5, 5.41) is 19.4. The summed E-state index contributed by atoms with van der Waals surface area (Å²) in [6.45, 7) is 1.12. The SMILES string of the molecule is CC(N)(CO)c1ccc(F)c([N+](=O)[O-])c1. The van der Waals surface area contributed by atoms with E-state index in [2.05, 4.69) is 0 Å². The highest BCUT2D eigenvalue weighted by Gasteiger charge is 2.24. The molecular weight excluding hydrogens is 203 g/mol. The van der Waals surface area contributed by atoms with Crippen LogP contribution in [0, 0.1) is 15.9 Å². The van der Waals surface area contributed by atoms with Crippen molar-refractivity contribution < 1.29 is 14.4 Å². The Hall–Kier alpha value is -1.53. The third kappa shape index (κ3) is 2.28. The standard InChI is InChI=1S/C9H11FN2O3/c1-9(11,5-13)6-2-3-7(10)8(4-6)12(14)15/h2-4,13H,5,11H2,1H3. The minimum Gasteiger partial charge on any atom is -0.394 e. The van der Waals surface area contributed by atoms with Crippen LogP contribution in [0.4, 0.5) is 10.1 Å². The Morgan fingerprint density at radius 2 is 2.27 bits per heavy atom. The number of halogens is 1. The largest absolute Gasteiger partial charge is 0.394 e. The molecule has 0 aliphatic rings. The molecule has 0 saturated heterocycles. The van der Waals surface area contributed by atoms with Crippen molar-refractivity contribution in [3.05, 3.63) is 39.7 Å². The molecule has 0 saturated carbocycles. The molecule has 0 fully saturated rings. The second-order valence-electron chi connectivity index (χ2n) is 3.50. The maximum absolute atomic E-state index is 13.0. The summed E-state index contributed by atoms with van der Waals surface area (Å²) in [6.07, 6.45) is 0. The number of nitrogens with two attached hydrogens (primary N) is 1. The smallest absolute Gasteiger partial charge is 0.305 e. The Labute approximate surface area is 85.5 Å². The van der Waals surface area contributed by atoms with Crippen LogP contribution < -0.4 is 5.73 Å². The highest BCUT2D eigenvalue weighted by atomic mass is 19.1. The number of nitro benzene ring substituents is 1. The molecule has 82 valence electrons. The van der Waals surface area contributed by atoms with E-state index in [1.165, 1.54) is 13.0 Å². The number of nitro groups is 1. The molecule has 0 spiro atoms. The lowest BCUT2D eigenvalue weighted by Gasteiger charge is -2.21. The molecule has 1 aromatic carbocycles. The fourth-order valence-electron chi connectivity index (χ4n) is 1.10. The lowest BCUT2D eigenvalue weighted by molar-refractivity contribution is -0.387. The molecule has 1 atom stereocenters. The second-order valence-corrected chi connectivity index (χ2v) is 3.50. The number of aliphatic hydroxyl groups excluding tert-OH is 1. The monoisotopic (exact) mass is 214 g/mol. The van der Waals surface area contributed by atoms with Gasteiger partial charge < -0.3 is 10.8 Å². The number of rotatable bonds is 3. The van der Waals surface area contributed by atoms with Gasteiger partial charge in [0, 0.05) is 6.07 Å². The Morgan fingerprint density at radius 3 is 2.73 bits per heavy atom. The molecule has 1 rings (SSSR count). The van der Waals surface area contributed by atoms with Gasteiger partial charge in [-0.2, -0.15) is 4.39 Å². The minimum absolute atomic E-state index is 0.318. The van der Waals surface area contributed by atoms with E-state index in [0.29, 0.717) is 5.56 Å². The van der Waals surface area contributed by atoms with Crippen LogP contribution in [0.3, 0.4) is 0 Å². The fraction of sp³-hybridized carbons (Fsp3) is 0.333. The first-order chi connectivity index (χ1) is 6.88. The molecule has 0 radical (unpaired) electrons. The molecule has 0 bridgehead atoms. The molecule has 3 N–H and O–H groups in total. The zero-order chi connectivity index (χ0) is 11.6. The Balaban J connectivity index is 3.25. The van der Waals surface area contributed by atoms with Gasteiger partial charge in [0.25, 0.3) is 0 Å². The second kappa shape index (κ2) is 3.92. The van der Waals surface area contributed by atoms with Crippen molar-refractivity contribution in [3.8, 4) is 0 Å². The van der Waals surface area contributed by atoms with Crippen molar-refractivity contribution in [2.24, 2.45) is 5.73 Å². The molecule has 0 aliphatic carbocycles. The summed E-state index contributed by atoms with van der Waals surface area (Å²) in [4.78, 5) is 9.62. The lowest BCUT2D eigenvalue weighted by atomic mass is 9.94. The van der Waals surface area contributed by atoms with Crippen LogP contribution in [0.25, 0.3) is 0 Å². The lowest BCUT2D eigenvalue weighted by Crippen LogP contribution is -2.36. The van der Waals surface area contributed by atoms with E-state index in [0.717, 1.165) is 12.1 Å². The summed E-state index contributed by atoms with van der Waals surface area (Å²) in [5.41, 5.74) is 4.23. The van der Waals surface area contributed by atoms with Crippen LogP contribution in [-0.4, -0.2) is 16.6 Å².